The molecule has 0 aliphatic heterocycles. The summed E-state index contributed by atoms with van der Waals surface area (Å²) in [4.78, 5) is 18.4. The summed E-state index contributed by atoms with van der Waals surface area (Å²) in [6.07, 6.45) is 0. The molecule has 0 radical (unpaired) electrons. The fourth-order valence-corrected chi connectivity index (χ4v) is 2.58. The van der Waals surface area contributed by atoms with E-state index in [1.54, 1.807) is 26.3 Å². The summed E-state index contributed by atoms with van der Waals surface area (Å²) in [6, 6.07) is 12.6. The summed E-state index contributed by atoms with van der Waals surface area (Å²) >= 11 is 6.10. The predicted molar refractivity (Wildman–Crippen MR) is 98.3 cm³/mol. The van der Waals surface area contributed by atoms with Gasteiger partial charge in [-0.3, -0.25) is 4.79 Å². The third-order valence-electron chi connectivity index (χ3n) is 3.95. The molecule has 0 aliphatic carbocycles. The Kier molecular flexibility index (Phi) is 5.23. The van der Waals surface area contributed by atoms with Crippen LogP contribution in [0.1, 0.15) is 21.8 Å². The van der Waals surface area contributed by atoms with Crippen LogP contribution in [0.2, 0.25) is 5.02 Å². The molecule has 0 saturated heterocycles. The number of aryl methyl sites for hydroxylation is 1. The van der Waals surface area contributed by atoms with Crippen molar-refractivity contribution < 1.29 is 14.1 Å². The highest BCUT2D eigenvalue weighted by Gasteiger charge is 2.17. The number of ether oxygens (including phenoxy) is 1. The molecular weight excluding hydrogens is 354 g/mol. The molecule has 1 amide bonds. The smallest absolute Gasteiger partial charge is 0.254 e. The molecule has 0 fully saturated rings. The molecule has 0 bridgehead atoms. The molecule has 0 aliphatic rings. The van der Waals surface area contributed by atoms with Crippen LogP contribution in [-0.2, 0) is 6.54 Å². The molecular formula is C19H18ClN3O3. The first-order valence-corrected chi connectivity index (χ1v) is 8.34. The maximum Gasteiger partial charge on any atom is 0.254 e. The van der Waals surface area contributed by atoms with E-state index in [-0.39, 0.29) is 12.5 Å². The average molecular weight is 372 g/mol. The van der Waals surface area contributed by atoms with Crippen molar-refractivity contribution in [3.63, 3.8) is 0 Å². The Morgan fingerprint density at radius 1 is 1.23 bits per heavy atom. The Balaban J connectivity index is 1.71. The van der Waals surface area contributed by atoms with E-state index in [0.717, 1.165) is 16.9 Å². The summed E-state index contributed by atoms with van der Waals surface area (Å²) in [5, 5.41) is 4.53. The first-order valence-electron chi connectivity index (χ1n) is 7.96. The van der Waals surface area contributed by atoms with E-state index in [4.69, 9.17) is 20.9 Å². The van der Waals surface area contributed by atoms with Gasteiger partial charge in [0.25, 0.3) is 5.91 Å². The highest BCUT2D eigenvalue weighted by Crippen LogP contribution is 2.21. The molecule has 0 unspecified atom stereocenters. The predicted octanol–water partition coefficient (Wildman–Crippen LogP) is 3.98. The zero-order valence-electron chi connectivity index (χ0n) is 14.7. The van der Waals surface area contributed by atoms with Crippen molar-refractivity contribution in [2.75, 3.05) is 14.2 Å². The summed E-state index contributed by atoms with van der Waals surface area (Å²) in [5.74, 6) is 1.39. The van der Waals surface area contributed by atoms with Crippen LogP contribution in [0.4, 0.5) is 0 Å². The van der Waals surface area contributed by atoms with Crippen LogP contribution in [0.25, 0.3) is 11.4 Å². The van der Waals surface area contributed by atoms with Gasteiger partial charge in [-0.1, -0.05) is 22.8 Å². The Bertz CT molecular complexity index is 922. The number of aromatic nitrogens is 2. The van der Waals surface area contributed by atoms with E-state index in [1.165, 1.54) is 4.90 Å². The van der Waals surface area contributed by atoms with E-state index in [2.05, 4.69) is 10.1 Å². The number of rotatable bonds is 5. The van der Waals surface area contributed by atoms with Crippen LogP contribution in [0.15, 0.2) is 47.0 Å². The Hall–Kier alpha value is -2.86. The SMILES string of the molecule is COc1ccc(-c2noc(CN(C)C(=O)c3ccc(C)c(Cl)c3)n2)cc1. The standard InChI is InChI=1S/C19H18ClN3O3/c1-12-4-5-14(10-16(12)20)19(24)23(2)11-17-21-18(22-26-17)13-6-8-15(25-3)9-7-13/h4-10H,11H2,1-3H3. The highest BCUT2D eigenvalue weighted by atomic mass is 35.5. The molecule has 26 heavy (non-hydrogen) atoms. The summed E-state index contributed by atoms with van der Waals surface area (Å²) in [7, 11) is 3.28. The van der Waals surface area contributed by atoms with E-state index < -0.39 is 0 Å². The summed E-state index contributed by atoms with van der Waals surface area (Å²) in [6.45, 7) is 2.09. The molecule has 6 nitrogen and oxygen atoms in total. The number of benzene rings is 2. The van der Waals surface area contributed by atoms with E-state index in [1.807, 2.05) is 37.3 Å². The number of carbonyl (C=O) groups is 1. The van der Waals surface area contributed by atoms with Gasteiger partial charge in [-0.15, -0.1) is 0 Å². The lowest BCUT2D eigenvalue weighted by Crippen LogP contribution is -2.26. The van der Waals surface area contributed by atoms with Crippen molar-refractivity contribution in [1.82, 2.24) is 15.0 Å². The maximum absolute atomic E-state index is 12.5. The number of methoxy groups -OCH3 is 1. The van der Waals surface area contributed by atoms with E-state index in [9.17, 15) is 4.79 Å². The molecule has 0 atom stereocenters. The van der Waals surface area contributed by atoms with Gasteiger partial charge in [0, 0.05) is 23.2 Å². The van der Waals surface area contributed by atoms with Gasteiger partial charge >= 0.3 is 0 Å². The van der Waals surface area contributed by atoms with Crippen LogP contribution >= 0.6 is 11.6 Å². The second-order valence-corrected chi connectivity index (χ2v) is 6.27. The number of hydrogen-bond donors (Lipinski definition) is 0. The Morgan fingerprint density at radius 2 is 1.96 bits per heavy atom. The molecule has 1 heterocycles. The molecule has 1 aromatic heterocycles. The number of halogens is 1. The molecule has 134 valence electrons. The van der Waals surface area contributed by atoms with Gasteiger partial charge in [-0.05, 0) is 48.9 Å². The van der Waals surface area contributed by atoms with E-state index >= 15 is 0 Å². The van der Waals surface area contributed by atoms with Gasteiger partial charge in [0.1, 0.15) is 5.75 Å². The largest absolute Gasteiger partial charge is 0.497 e. The first kappa shape index (κ1) is 17.9. The Morgan fingerprint density at radius 3 is 2.62 bits per heavy atom. The highest BCUT2D eigenvalue weighted by molar-refractivity contribution is 6.31. The summed E-state index contributed by atoms with van der Waals surface area (Å²) in [5.41, 5.74) is 2.24. The van der Waals surface area contributed by atoms with Gasteiger partial charge in [0.05, 0.1) is 13.7 Å². The molecule has 3 rings (SSSR count). The molecule has 0 spiro atoms. The average Bonchev–Trinajstić information content (AvgIpc) is 3.12. The third kappa shape index (κ3) is 3.86. The third-order valence-corrected chi connectivity index (χ3v) is 4.36. The summed E-state index contributed by atoms with van der Waals surface area (Å²) < 4.78 is 10.4. The number of hydrogen-bond acceptors (Lipinski definition) is 5. The molecule has 7 heteroatoms. The molecule has 3 aromatic rings. The van der Waals surface area contributed by atoms with Crippen LogP contribution in [0, 0.1) is 6.92 Å². The van der Waals surface area contributed by atoms with Crippen molar-refractivity contribution in [3.05, 3.63) is 64.5 Å². The van der Waals surface area contributed by atoms with Crippen molar-refractivity contribution in [1.29, 1.82) is 0 Å². The monoisotopic (exact) mass is 371 g/mol. The first-order chi connectivity index (χ1) is 12.5. The minimum atomic E-state index is -0.170. The topological polar surface area (TPSA) is 68.5 Å². The van der Waals surface area contributed by atoms with Crippen LogP contribution in [-0.4, -0.2) is 35.1 Å². The van der Waals surface area contributed by atoms with Crippen molar-refractivity contribution in [3.8, 4) is 17.1 Å². The molecule has 0 N–H and O–H groups in total. The van der Waals surface area contributed by atoms with Crippen molar-refractivity contribution in [2.24, 2.45) is 0 Å². The second kappa shape index (κ2) is 7.58. The fraction of sp³-hybridized carbons (Fsp3) is 0.211. The lowest BCUT2D eigenvalue weighted by molar-refractivity contribution is 0.0769. The van der Waals surface area contributed by atoms with Gasteiger partial charge < -0.3 is 14.2 Å². The molecule has 0 saturated carbocycles. The number of nitrogens with zero attached hydrogens (tertiary/aromatic N) is 3. The minimum absolute atomic E-state index is 0.170. The molecule has 2 aromatic carbocycles. The van der Waals surface area contributed by atoms with Crippen LogP contribution in [0.3, 0.4) is 0 Å². The fourth-order valence-electron chi connectivity index (χ4n) is 2.40. The minimum Gasteiger partial charge on any atom is -0.497 e. The second-order valence-electron chi connectivity index (χ2n) is 5.87. The lowest BCUT2D eigenvalue weighted by Gasteiger charge is -2.15. The van der Waals surface area contributed by atoms with Crippen LogP contribution < -0.4 is 4.74 Å². The zero-order chi connectivity index (χ0) is 18.7. The van der Waals surface area contributed by atoms with Gasteiger partial charge in [0.2, 0.25) is 11.7 Å². The van der Waals surface area contributed by atoms with Gasteiger partial charge in [-0.25, -0.2) is 0 Å². The van der Waals surface area contributed by atoms with Crippen molar-refractivity contribution in [2.45, 2.75) is 13.5 Å². The maximum atomic E-state index is 12.5. The van der Waals surface area contributed by atoms with Gasteiger partial charge in [0.15, 0.2) is 0 Å². The number of amides is 1. The normalized spacial score (nSPS) is 10.6. The zero-order valence-corrected chi connectivity index (χ0v) is 15.4. The van der Waals surface area contributed by atoms with Crippen molar-refractivity contribution >= 4 is 17.5 Å². The van der Waals surface area contributed by atoms with Gasteiger partial charge in [-0.2, -0.15) is 4.98 Å². The number of carbonyl (C=O) groups excluding carboxylic acids is 1. The van der Waals surface area contributed by atoms with E-state index in [0.29, 0.717) is 22.3 Å². The lowest BCUT2D eigenvalue weighted by atomic mass is 10.1. The quantitative estimate of drug-likeness (QED) is 0.678. The Labute approximate surface area is 156 Å². The van der Waals surface area contributed by atoms with Crippen LogP contribution in [0.5, 0.6) is 5.75 Å².